The number of hydrogen-bond donors (Lipinski definition) is 0. The van der Waals surface area contributed by atoms with E-state index in [-0.39, 0.29) is 5.56 Å². The standard InChI is InChI=1S/C24H20BrN3OS/c1-13-9-19-21(10-14(13)2)28-23(29)22(30-24(28)26-19)12-17-11-15(3)27(16(17)4)20-8-6-5-7-18(20)25/h5-12H,1-4H3/b22-12-. The van der Waals surface area contributed by atoms with E-state index in [9.17, 15) is 4.79 Å². The first-order chi connectivity index (χ1) is 14.3. The highest BCUT2D eigenvalue weighted by molar-refractivity contribution is 9.10. The molecule has 0 amide bonds. The molecule has 0 saturated carbocycles. The number of thiazole rings is 1. The van der Waals surface area contributed by atoms with Crippen LogP contribution in [0.1, 0.15) is 28.1 Å². The number of fused-ring (bicyclic) bond motifs is 3. The maximum Gasteiger partial charge on any atom is 0.274 e. The van der Waals surface area contributed by atoms with E-state index in [1.54, 1.807) is 4.40 Å². The van der Waals surface area contributed by atoms with Crippen LogP contribution < -0.4 is 10.1 Å². The molecule has 4 nitrogen and oxygen atoms in total. The molecule has 3 aromatic heterocycles. The maximum atomic E-state index is 13.2. The van der Waals surface area contributed by atoms with Gasteiger partial charge in [-0.2, -0.15) is 0 Å². The molecule has 0 radical (unpaired) electrons. The molecule has 0 fully saturated rings. The van der Waals surface area contributed by atoms with E-state index in [1.807, 2.05) is 24.3 Å². The first-order valence-electron chi connectivity index (χ1n) is 9.73. The van der Waals surface area contributed by atoms with Crippen molar-refractivity contribution in [2.75, 3.05) is 0 Å². The van der Waals surface area contributed by atoms with E-state index in [0.717, 1.165) is 48.7 Å². The Kier molecular flexibility index (Phi) is 4.45. The predicted molar refractivity (Wildman–Crippen MR) is 128 cm³/mol. The zero-order valence-corrected chi connectivity index (χ0v) is 19.6. The lowest BCUT2D eigenvalue weighted by Crippen LogP contribution is -2.22. The Labute approximate surface area is 186 Å². The van der Waals surface area contributed by atoms with Crippen molar-refractivity contribution in [2.45, 2.75) is 27.7 Å². The lowest BCUT2D eigenvalue weighted by Gasteiger charge is -2.11. The Hall–Kier alpha value is -2.70. The van der Waals surface area contributed by atoms with E-state index in [2.05, 4.69) is 72.5 Å². The van der Waals surface area contributed by atoms with E-state index in [0.29, 0.717) is 4.53 Å². The summed E-state index contributed by atoms with van der Waals surface area (Å²) in [4.78, 5) is 18.7. The molecular formula is C24H20BrN3OS. The number of imidazole rings is 1. The van der Waals surface area contributed by atoms with Crippen LogP contribution in [-0.4, -0.2) is 14.0 Å². The largest absolute Gasteiger partial charge is 0.317 e. The number of nitrogens with zero attached hydrogens (tertiary/aromatic N) is 3. The molecule has 0 unspecified atom stereocenters. The Balaban J connectivity index is 1.72. The number of halogens is 1. The summed E-state index contributed by atoms with van der Waals surface area (Å²) in [6.07, 6.45) is 1.99. The summed E-state index contributed by atoms with van der Waals surface area (Å²) in [6, 6.07) is 14.4. The van der Waals surface area contributed by atoms with Crippen LogP contribution in [0.2, 0.25) is 0 Å². The quantitative estimate of drug-likeness (QED) is 0.348. The molecule has 0 bridgehead atoms. The molecule has 0 aliphatic carbocycles. The van der Waals surface area contributed by atoms with Crippen molar-refractivity contribution in [3.63, 3.8) is 0 Å². The van der Waals surface area contributed by atoms with Gasteiger partial charge in [0.1, 0.15) is 0 Å². The summed E-state index contributed by atoms with van der Waals surface area (Å²) in [7, 11) is 0. The third kappa shape index (κ3) is 2.86. The molecular weight excluding hydrogens is 458 g/mol. The zero-order valence-electron chi connectivity index (χ0n) is 17.2. The van der Waals surface area contributed by atoms with Gasteiger partial charge in [-0.3, -0.25) is 4.79 Å². The first kappa shape index (κ1) is 19.3. The van der Waals surface area contributed by atoms with Crippen LogP contribution >= 0.6 is 27.3 Å². The Morgan fingerprint density at radius 1 is 1.03 bits per heavy atom. The molecule has 0 atom stereocenters. The number of aromatic nitrogens is 3. The molecule has 6 heteroatoms. The molecule has 5 aromatic rings. The lowest BCUT2D eigenvalue weighted by molar-refractivity contribution is 0.959. The van der Waals surface area contributed by atoms with Crippen LogP contribution in [-0.2, 0) is 0 Å². The van der Waals surface area contributed by atoms with Crippen molar-refractivity contribution < 1.29 is 0 Å². The number of para-hydroxylation sites is 1. The summed E-state index contributed by atoms with van der Waals surface area (Å²) < 4.78 is 5.69. The van der Waals surface area contributed by atoms with E-state index in [4.69, 9.17) is 4.98 Å². The van der Waals surface area contributed by atoms with Crippen molar-refractivity contribution in [3.8, 4) is 5.69 Å². The molecule has 0 aliphatic heterocycles. The zero-order chi connectivity index (χ0) is 21.2. The fraction of sp³-hybridized carbons (Fsp3) is 0.167. The average Bonchev–Trinajstić information content (AvgIpc) is 3.29. The van der Waals surface area contributed by atoms with Gasteiger partial charge >= 0.3 is 0 Å². The first-order valence-corrected chi connectivity index (χ1v) is 11.3. The molecule has 3 heterocycles. The van der Waals surface area contributed by atoms with Gasteiger partial charge in [0.2, 0.25) is 0 Å². The van der Waals surface area contributed by atoms with Gasteiger partial charge in [-0.15, -0.1) is 0 Å². The SMILES string of the molecule is Cc1cc2nc3s/c(=C\c4cc(C)n(-c5ccccc5Br)c4C)c(=O)n3c2cc1C. The molecule has 2 aromatic carbocycles. The highest BCUT2D eigenvalue weighted by atomic mass is 79.9. The molecule has 0 N–H and O–H groups in total. The van der Waals surface area contributed by atoms with Crippen LogP contribution in [0.3, 0.4) is 0 Å². The van der Waals surface area contributed by atoms with Gasteiger partial charge < -0.3 is 4.57 Å². The van der Waals surface area contributed by atoms with Gasteiger partial charge in [0, 0.05) is 15.9 Å². The number of aryl methyl sites for hydroxylation is 3. The van der Waals surface area contributed by atoms with Crippen LogP contribution in [0.25, 0.3) is 27.8 Å². The fourth-order valence-corrected chi connectivity index (χ4v) is 5.44. The highest BCUT2D eigenvalue weighted by Gasteiger charge is 2.15. The fourth-order valence-electron chi connectivity index (χ4n) is 4.00. The third-order valence-electron chi connectivity index (χ3n) is 5.70. The second-order valence-electron chi connectivity index (χ2n) is 7.68. The summed E-state index contributed by atoms with van der Waals surface area (Å²) >= 11 is 5.09. The van der Waals surface area contributed by atoms with Gasteiger partial charge in [0.25, 0.3) is 5.56 Å². The monoisotopic (exact) mass is 477 g/mol. The second-order valence-corrected chi connectivity index (χ2v) is 9.55. The molecule has 5 rings (SSSR count). The minimum atomic E-state index is -0.00792. The number of rotatable bonds is 2. The van der Waals surface area contributed by atoms with Crippen molar-refractivity contribution >= 4 is 49.3 Å². The van der Waals surface area contributed by atoms with E-state index in [1.165, 1.54) is 16.9 Å². The van der Waals surface area contributed by atoms with Gasteiger partial charge in [0.05, 0.1) is 21.3 Å². The minimum absolute atomic E-state index is 0.00792. The molecule has 0 aliphatic rings. The average molecular weight is 478 g/mol. The predicted octanol–water partition coefficient (Wildman–Crippen LogP) is 5.24. The lowest BCUT2D eigenvalue weighted by atomic mass is 10.1. The van der Waals surface area contributed by atoms with Crippen molar-refractivity contribution in [1.29, 1.82) is 0 Å². The molecule has 0 spiro atoms. The molecule has 0 saturated heterocycles. The molecule has 150 valence electrons. The third-order valence-corrected chi connectivity index (χ3v) is 7.34. The smallest absolute Gasteiger partial charge is 0.274 e. The topological polar surface area (TPSA) is 39.3 Å². The number of hydrogen-bond acceptors (Lipinski definition) is 3. The van der Waals surface area contributed by atoms with Gasteiger partial charge in [0.15, 0.2) is 4.96 Å². The highest BCUT2D eigenvalue weighted by Crippen LogP contribution is 2.27. The normalized spacial score (nSPS) is 12.5. The summed E-state index contributed by atoms with van der Waals surface area (Å²) in [5, 5.41) is 0. The minimum Gasteiger partial charge on any atom is -0.317 e. The maximum absolute atomic E-state index is 13.2. The Bertz CT molecular complexity index is 1570. The van der Waals surface area contributed by atoms with Gasteiger partial charge in [-0.05, 0) is 96.7 Å². The van der Waals surface area contributed by atoms with Gasteiger partial charge in [-0.1, -0.05) is 23.5 Å². The van der Waals surface area contributed by atoms with Gasteiger partial charge in [-0.25, -0.2) is 9.38 Å². The molecule has 30 heavy (non-hydrogen) atoms. The van der Waals surface area contributed by atoms with Crippen molar-refractivity contribution in [2.24, 2.45) is 0 Å². The summed E-state index contributed by atoms with van der Waals surface area (Å²) in [5.74, 6) is 0. The Morgan fingerprint density at radius 3 is 2.53 bits per heavy atom. The second kappa shape index (κ2) is 6.93. The number of benzene rings is 2. The summed E-state index contributed by atoms with van der Waals surface area (Å²) in [6.45, 7) is 8.31. The van der Waals surface area contributed by atoms with E-state index >= 15 is 0 Å². The van der Waals surface area contributed by atoms with Crippen LogP contribution in [0.4, 0.5) is 0 Å². The van der Waals surface area contributed by atoms with Crippen LogP contribution in [0, 0.1) is 27.7 Å². The van der Waals surface area contributed by atoms with Crippen molar-refractivity contribution in [1.82, 2.24) is 14.0 Å². The van der Waals surface area contributed by atoms with Crippen LogP contribution in [0.5, 0.6) is 0 Å². The van der Waals surface area contributed by atoms with E-state index < -0.39 is 0 Å². The van der Waals surface area contributed by atoms with Crippen molar-refractivity contribution in [3.05, 3.63) is 89.9 Å². The Morgan fingerprint density at radius 2 is 1.77 bits per heavy atom. The summed E-state index contributed by atoms with van der Waals surface area (Å²) in [5.41, 5.74) is 8.45. The van der Waals surface area contributed by atoms with Crippen LogP contribution in [0.15, 0.2) is 51.7 Å².